The molecular formula is C47H85O8P. The van der Waals surface area contributed by atoms with E-state index in [0.717, 1.165) is 64.2 Å². The highest BCUT2D eigenvalue weighted by molar-refractivity contribution is 7.47. The van der Waals surface area contributed by atoms with E-state index in [2.05, 4.69) is 62.5 Å². The number of ether oxygens (including phenoxy) is 2. The standard InChI is InChI=1S/C47H85O8P/c1-4-7-9-11-13-15-17-19-21-23-24-26-27-29-31-33-35-37-39-41-46(48)52-43-45(44-54-56(50,51)53-6-3)55-47(49)42-40-38-36-34-32-30-28-25-22-20-18-16-14-12-10-8-5-2/h8,10,14,16,19-22,45H,4-7,9,11-13,15,17-18,23-44H2,1-3H3,(H,50,51)/b10-8-,16-14-,21-19-,22-20-. The van der Waals surface area contributed by atoms with Crippen LogP contribution in [0.3, 0.4) is 0 Å². The molecule has 0 fully saturated rings. The lowest BCUT2D eigenvalue weighted by Gasteiger charge is -2.19. The number of carbonyl (C=O) groups is 2. The minimum atomic E-state index is -4.29. The summed E-state index contributed by atoms with van der Waals surface area (Å²) in [5, 5.41) is 0. The van der Waals surface area contributed by atoms with Crippen molar-refractivity contribution in [2.75, 3.05) is 19.8 Å². The Labute approximate surface area is 344 Å². The van der Waals surface area contributed by atoms with Gasteiger partial charge in [0.2, 0.25) is 0 Å². The van der Waals surface area contributed by atoms with Crippen molar-refractivity contribution < 1.29 is 37.6 Å². The van der Waals surface area contributed by atoms with E-state index < -0.39 is 26.5 Å². The first-order valence-electron chi connectivity index (χ1n) is 22.9. The van der Waals surface area contributed by atoms with Crippen LogP contribution in [0, 0.1) is 0 Å². The minimum Gasteiger partial charge on any atom is -0.462 e. The second-order valence-corrected chi connectivity index (χ2v) is 16.5. The predicted molar refractivity (Wildman–Crippen MR) is 235 cm³/mol. The number of allylic oxidation sites excluding steroid dienone is 8. The molecule has 0 aromatic rings. The Morgan fingerprint density at radius 1 is 0.500 bits per heavy atom. The van der Waals surface area contributed by atoms with Crippen molar-refractivity contribution in [2.24, 2.45) is 0 Å². The molecule has 0 aromatic heterocycles. The molecule has 0 amide bonds. The van der Waals surface area contributed by atoms with Crippen LogP contribution in [-0.4, -0.2) is 42.8 Å². The first-order chi connectivity index (χ1) is 27.3. The summed E-state index contributed by atoms with van der Waals surface area (Å²) in [6.07, 6.45) is 50.2. The van der Waals surface area contributed by atoms with Gasteiger partial charge < -0.3 is 14.4 Å². The fourth-order valence-corrected chi connectivity index (χ4v) is 7.04. The van der Waals surface area contributed by atoms with E-state index in [9.17, 15) is 19.0 Å². The molecule has 1 N–H and O–H groups in total. The van der Waals surface area contributed by atoms with Gasteiger partial charge in [0, 0.05) is 12.8 Å². The van der Waals surface area contributed by atoms with Crippen LogP contribution in [0.15, 0.2) is 48.6 Å². The Hall–Kier alpha value is -1.99. The Morgan fingerprint density at radius 3 is 1.39 bits per heavy atom. The molecule has 2 atom stereocenters. The van der Waals surface area contributed by atoms with E-state index >= 15 is 0 Å². The molecule has 8 nitrogen and oxygen atoms in total. The first-order valence-corrected chi connectivity index (χ1v) is 24.4. The molecule has 326 valence electrons. The quantitative estimate of drug-likeness (QED) is 0.0281. The molecule has 9 heteroatoms. The zero-order valence-electron chi connectivity index (χ0n) is 36.3. The van der Waals surface area contributed by atoms with Gasteiger partial charge in [0.15, 0.2) is 6.10 Å². The van der Waals surface area contributed by atoms with Gasteiger partial charge in [-0.05, 0) is 77.6 Å². The normalized spacial score (nSPS) is 13.7. The summed E-state index contributed by atoms with van der Waals surface area (Å²) >= 11 is 0. The highest BCUT2D eigenvalue weighted by atomic mass is 31.2. The number of phosphoric ester groups is 1. The van der Waals surface area contributed by atoms with E-state index in [4.69, 9.17) is 18.5 Å². The van der Waals surface area contributed by atoms with Gasteiger partial charge in [-0.15, -0.1) is 0 Å². The van der Waals surface area contributed by atoms with Crippen LogP contribution < -0.4 is 0 Å². The summed E-state index contributed by atoms with van der Waals surface area (Å²) in [4.78, 5) is 34.8. The predicted octanol–water partition coefficient (Wildman–Crippen LogP) is 14.6. The molecule has 2 unspecified atom stereocenters. The summed E-state index contributed by atoms with van der Waals surface area (Å²) in [7, 11) is -4.29. The Kier molecular flexibility index (Phi) is 41.1. The van der Waals surface area contributed by atoms with Gasteiger partial charge in [-0.2, -0.15) is 0 Å². The number of phosphoric acid groups is 1. The molecule has 0 aliphatic rings. The number of rotatable bonds is 42. The summed E-state index contributed by atoms with van der Waals surface area (Å²) in [5.74, 6) is -0.809. The van der Waals surface area contributed by atoms with Crippen LogP contribution in [0.5, 0.6) is 0 Å². The van der Waals surface area contributed by atoms with Gasteiger partial charge in [-0.25, -0.2) is 4.57 Å². The van der Waals surface area contributed by atoms with Crippen molar-refractivity contribution in [1.29, 1.82) is 0 Å². The van der Waals surface area contributed by atoms with Crippen LogP contribution in [-0.2, 0) is 32.7 Å². The number of esters is 2. The van der Waals surface area contributed by atoms with Gasteiger partial charge in [0.05, 0.1) is 13.2 Å². The summed E-state index contributed by atoms with van der Waals surface area (Å²) < 4.78 is 32.7. The fraction of sp³-hybridized carbons (Fsp3) is 0.787. The van der Waals surface area contributed by atoms with Crippen LogP contribution >= 0.6 is 7.82 Å². The second-order valence-electron chi connectivity index (χ2n) is 15.0. The lowest BCUT2D eigenvalue weighted by atomic mass is 10.1. The maximum atomic E-state index is 12.6. The second kappa shape index (κ2) is 42.6. The number of hydrogen-bond acceptors (Lipinski definition) is 7. The largest absolute Gasteiger partial charge is 0.472 e. The highest BCUT2D eigenvalue weighted by Crippen LogP contribution is 2.43. The molecule has 0 aliphatic carbocycles. The van der Waals surface area contributed by atoms with Crippen molar-refractivity contribution in [3.8, 4) is 0 Å². The number of carbonyl (C=O) groups excluding carboxylic acids is 2. The molecule has 0 spiro atoms. The summed E-state index contributed by atoms with van der Waals surface area (Å²) in [6.45, 7) is 5.36. The van der Waals surface area contributed by atoms with Crippen molar-refractivity contribution in [2.45, 2.75) is 219 Å². The van der Waals surface area contributed by atoms with Crippen molar-refractivity contribution in [3.05, 3.63) is 48.6 Å². The third kappa shape index (κ3) is 41.6. The first kappa shape index (κ1) is 54.0. The molecule has 0 bridgehead atoms. The van der Waals surface area contributed by atoms with Crippen LogP contribution in [0.2, 0.25) is 0 Å². The lowest BCUT2D eigenvalue weighted by molar-refractivity contribution is -0.161. The van der Waals surface area contributed by atoms with Crippen LogP contribution in [0.1, 0.15) is 213 Å². The minimum absolute atomic E-state index is 0.00301. The van der Waals surface area contributed by atoms with Crippen molar-refractivity contribution in [3.63, 3.8) is 0 Å². The number of unbranched alkanes of at least 4 members (excludes halogenated alkanes) is 22. The smallest absolute Gasteiger partial charge is 0.462 e. The molecule has 0 saturated carbocycles. The topological polar surface area (TPSA) is 108 Å². The molecule has 0 rings (SSSR count). The molecule has 56 heavy (non-hydrogen) atoms. The Balaban J connectivity index is 4.05. The van der Waals surface area contributed by atoms with E-state index in [1.807, 2.05) is 0 Å². The molecule has 0 saturated heterocycles. The van der Waals surface area contributed by atoms with E-state index in [1.165, 1.54) is 109 Å². The Morgan fingerprint density at radius 2 is 0.911 bits per heavy atom. The third-order valence-corrected chi connectivity index (χ3v) is 10.7. The van der Waals surface area contributed by atoms with Crippen molar-refractivity contribution in [1.82, 2.24) is 0 Å². The summed E-state index contributed by atoms with van der Waals surface area (Å²) in [6, 6.07) is 0. The van der Waals surface area contributed by atoms with Crippen molar-refractivity contribution >= 4 is 19.8 Å². The lowest BCUT2D eigenvalue weighted by Crippen LogP contribution is -2.29. The zero-order valence-corrected chi connectivity index (χ0v) is 37.2. The van der Waals surface area contributed by atoms with Crippen LogP contribution in [0.4, 0.5) is 0 Å². The maximum absolute atomic E-state index is 12.6. The molecule has 0 aliphatic heterocycles. The Bertz CT molecular complexity index is 1050. The van der Waals surface area contributed by atoms with Gasteiger partial charge >= 0.3 is 19.8 Å². The van der Waals surface area contributed by atoms with Gasteiger partial charge in [0.1, 0.15) is 6.61 Å². The molecular weight excluding hydrogens is 723 g/mol. The van der Waals surface area contributed by atoms with Crippen LogP contribution in [0.25, 0.3) is 0 Å². The van der Waals surface area contributed by atoms with Gasteiger partial charge in [0.25, 0.3) is 0 Å². The van der Waals surface area contributed by atoms with E-state index in [1.54, 1.807) is 6.92 Å². The van der Waals surface area contributed by atoms with E-state index in [0.29, 0.717) is 6.42 Å². The number of hydrogen-bond donors (Lipinski definition) is 1. The third-order valence-electron chi connectivity index (χ3n) is 9.62. The average molecular weight is 809 g/mol. The maximum Gasteiger partial charge on any atom is 0.472 e. The van der Waals surface area contributed by atoms with E-state index in [-0.39, 0.29) is 32.0 Å². The molecule has 0 aromatic carbocycles. The molecule has 0 radical (unpaired) electrons. The van der Waals surface area contributed by atoms with Gasteiger partial charge in [-0.1, -0.05) is 172 Å². The highest BCUT2D eigenvalue weighted by Gasteiger charge is 2.25. The van der Waals surface area contributed by atoms with Gasteiger partial charge in [-0.3, -0.25) is 18.6 Å². The monoisotopic (exact) mass is 809 g/mol. The SMILES string of the molecule is CC/C=C\C/C=C\C/C=C\CCCCCCCCCC(=O)OC(COC(=O)CCCCCCCCCCC/C=C\CCCCCCCC)COP(=O)(O)OCC. The average Bonchev–Trinajstić information content (AvgIpc) is 3.18. The fourth-order valence-electron chi connectivity index (χ4n) is 6.29. The summed E-state index contributed by atoms with van der Waals surface area (Å²) in [5.41, 5.74) is 0. The molecule has 0 heterocycles. The zero-order chi connectivity index (χ0) is 41.1.